The minimum Gasteiger partial charge on any atom is -0.370 e. The Hall–Kier alpha value is -1.36. The molecule has 0 amide bonds. The molecule has 5 heteroatoms. The lowest BCUT2D eigenvalue weighted by molar-refractivity contribution is 0.401. The second-order valence-corrected chi connectivity index (χ2v) is 4.99. The van der Waals surface area contributed by atoms with Crippen LogP contribution in [-0.4, -0.2) is 55.6 Å². The van der Waals surface area contributed by atoms with Gasteiger partial charge in [0.2, 0.25) is 0 Å². The highest BCUT2D eigenvalue weighted by Gasteiger charge is 2.12. The molecule has 0 aromatic carbocycles. The molecule has 0 saturated heterocycles. The van der Waals surface area contributed by atoms with Crippen LogP contribution in [0.15, 0.2) is 6.33 Å². The first-order valence-electron chi connectivity index (χ1n) is 7.03. The highest BCUT2D eigenvalue weighted by atomic mass is 15.2. The average Bonchev–Trinajstić information content (AvgIpc) is 2.38. The molecule has 0 saturated carbocycles. The zero-order valence-electron chi connectivity index (χ0n) is 12.9. The molecule has 1 heterocycles. The second-order valence-electron chi connectivity index (χ2n) is 4.99. The highest BCUT2D eigenvalue weighted by Crippen LogP contribution is 2.23. The zero-order chi connectivity index (χ0) is 14.3. The molecule has 0 atom stereocenters. The molecule has 0 aliphatic rings. The molecule has 5 nitrogen and oxygen atoms in total. The lowest BCUT2D eigenvalue weighted by Crippen LogP contribution is -2.25. The van der Waals surface area contributed by atoms with Gasteiger partial charge < -0.3 is 15.1 Å². The van der Waals surface area contributed by atoms with Gasteiger partial charge in [0.25, 0.3) is 0 Å². The minimum absolute atomic E-state index is 0.883. The number of hydrogen-bond acceptors (Lipinski definition) is 5. The maximum atomic E-state index is 4.45. The van der Waals surface area contributed by atoms with Crippen molar-refractivity contribution in [1.29, 1.82) is 0 Å². The molecule has 1 aromatic rings. The van der Waals surface area contributed by atoms with Gasteiger partial charge in [-0.15, -0.1) is 0 Å². The molecule has 1 aromatic heterocycles. The van der Waals surface area contributed by atoms with Crippen LogP contribution in [0.4, 0.5) is 11.6 Å². The Morgan fingerprint density at radius 2 is 1.84 bits per heavy atom. The van der Waals surface area contributed by atoms with E-state index < -0.39 is 0 Å². The van der Waals surface area contributed by atoms with Crippen molar-refractivity contribution in [3.8, 4) is 0 Å². The minimum atomic E-state index is 0.883. The molecular weight excluding hydrogens is 238 g/mol. The van der Waals surface area contributed by atoms with Crippen molar-refractivity contribution in [2.75, 3.05) is 51.0 Å². The molecule has 0 radical (unpaired) electrons. The van der Waals surface area contributed by atoms with E-state index in [1.807, 2.05) is 0 Å². The van der Waals surface area contributed by atoms with E-state index in [0.717, 1.165) is 44.1 Å². The van der Waals surface area contributed by atoms with Crippen LogP contribution in [-0.2, 0) is 6.42 Å². The summed E-state index contributed by atoms with van der Waals surface area (Å²) in [6.45, 7) is 7.22. The summed E-state index contributed by atoms with van der Waals surface area (Å²) in [6, 6.07) is 0. The number of nitrogens with zero attached hydrogens (tertiary/aromatic N) is 4. The summed E-state index contributed by atoms with van der Waals surface area (Å²) < 4.78 is 0. The summed E-state index contributed by atoms with van der Waals surface area (Å²) >= 11 is 0. The standard InChI is InChI=1S/C14H27N5/c1-6-12-13(15-7-2)16-11-17-14(12)19(5)10-8-9-18(3)4/h11H,6-10H2,1-5H3,(H,15,16,17). The first kappa shape index (κ1) is 15.7. The van der Waals surface area contributed by atoms with E-state index >= 15 is 0 Å². The fourth-order valence-corrected chi connectivity index (χ4v) is 2.11. The van der Waals surface area contributed by atoms with Crippen LogP contribution in [0, 0.1) is 0 Å². The van der Waals surface area contributed by atoms with Crippen molar-refractivity contribution in [1.82, 2.24) is 14.9 Å². The van der Waals surface area contributed by atoms with Gasteiger partial charge in [-0.25, -0.2) is 9.97 Å². The Morgan fingerprint density at radius 3 is 2.42 bits per heavy atom. The van der Waals surface area contributed by atoms with Crippen LogP contribution in [0.2, 0.25) is 0 Å². The third-order valence-corrected chi connectivity index (χ3v) is 3.08. The van der Waals surface area contributed by atoms with Crippen molar-refractivity contribution >= 4 is 11.6 Å². The van der Waals surface area contributed by atoms with E-state index in [1.54, 1.807) is 6.33 Å². The number of hydrogen-bond donors (Lipinski definition) is 1. The van der Waals surface area contributed by atoms with Gasteiger partial charge in [0.1, 0.15) is 18.0 Å². The zero-order valence-corrected chi connectivity index (χ0v) is 12.9. The SMILES string of the molecule is CCNc1ncnc(N(C)CCCN(C)C)c1CC. The average molecular weight is 265 g/mol. The summed E-state index contributed by atoms with van der Waals surface area (Å²) in [5, 5.41) is 3.31. The highest BCUT2D eigenvalue weighted by molar-refractivity contribution is 5.58. The van der Waals surface area contributed by atoms with E-state index in [2.05, 4.69) is 60.1 Å². The van der Waals surface area contributed by atoms with E-state index in [0.29, 0.717) is 0 Å². The third kappa shape index (κ3) is 4.67. The maximum absolute atomic E-state index is 4.45. The number of nitrogens with one attached hydrogen (secondary N) is 1. The van der Waals surface area contributed by atoms with Gasteiger partial charge in [-0.3, -0.25) is 0 Å². The first-order chi connectivity index (χ1) is 9.10. The van der Waals surface area contributed by atoms with Crippen LogP contribution in [0.25, 0.3) is 0 Å². The number of rotatable bonds is 8. The predicted molar refractivity (Wildman–Crippen MR) is 82.0 cm³/mol. The van der Waals surface area contributed by atoms with Crippen molar-refractivity contribution < 1.29 is 0 Å². The van der Waals surface area contributed by atoms with E-state index in [4.69, 9.17) is 0 Å². The van der Waals surface area contributed by atoms with Gasteiger partial charge in [-0.2, -0.15) is 0 Å². The molecule has 0 aliphatic heterocycles. The van der Waals surface area contributed by atoms with E-state index in [9.17, 15) is 0 Å². The normalized spacial score (nSPS) is 10.8. The second kappa shape index (κ2) is 7.94. The fourth-order valence-electron chi connectivity index (χ4n) is 2.11. The number of anilines is 2. The summed E-state index contributed by atoms with van der Waals surface area (Å²) in [5.74, 6) is 2.02. The van der Waals surface area contributed by atoms with Gasteiger partial charge >= 0.3 is 0 Å². The van der Waals surface area contributed by atoms with Crippen molar-refractivity contribution in [2.45, 2.75) is 26.7 Å². The molecule has 108 valence electrons. The molecular formula is C14H27N5. The van der Waals surface area contributed by atoms with Gasteiger partial charge in [0.05, 0.1) is 0 Å². The van der Waals surface area contributed by atoms with Crippen LogP contribution in [0.3, 0.4) is 0 Å². The largest absolute Gasteiger partial charge is 0.370 e. The van der Waals surface area contributed by atoms with Gasteiger partial charge in [-0.05, 0) is 40.4 Å². The van der Waals surface area contributed by atoms with Crippen LogP contribution >= 0.6 is 0 Å². The first-order valence-corrected chi connectivity index (χ1v) is 7.03. The quantitative estimate of drug-likeness (QED) is 0.777. The maximum Gasteiger partial charge on any atom is 0.137 e. The lowest BCUT2D eigenvalue weighted by atomic mass is 10.2. The molecule has 0 aliphatic carbocycles. The number of aromatic nitrogens is 2. The van der Waals surface area contributed by atoms with E-state index in [1.165, 1.54) is 5.56 Å². The Bertz CT molecular complexity index is 378. The lowest BCUT2D eigenvalue weighted by Gasteiger charge is -2.23. The molecule has 0 fully saturated rings. The summed E-state index contributed by atoms with van der Waals surface area (Å²) in [4.78, 5) is 13.2. The van der Waals surface area contributed by atoms with Gasteiger partial charge in [0, 0.05) is 25.7 Å². The molecule has 1 rings (SSSR count). The summed E-state index contributed by atoms with van der Waals surface area (Å²) in [5.41, 5.74) is 1.21. The van der Waals surface area contributed by atoms with Gasteiger partial charge in [0.15, 0.2) is 0 Å². The van der Waals surface area contributed by atoms with E-state index in [-0.39, 0.29) is 0 Å². The topological polar surface area (TPSA) is 44.3 Å². The van der Waals surface area contributed by atoms with Crippen LogP contribution < -0.4 is 10.2 Å². The predicted octanol–water partition coefficient (Wildman–Crippen LogP) is 1.86. The monoisotopic (exact) mass is 265 g/mol. The Kier molecular flexibility index (Phi) is 6.56. The molecule has 19 heavy (non-hydrogen) atoms. The van der Waals surface area contributed by atoms with Gasteiger partial charge in [-0.1, -0.05) is 6.92 Å². The van der Waals surface area contributed by atoms with Crippen LogP contribution in [0.5, 0.6) is 0 Å². The van der Waals surface area contributed by atoms with Crippen molar-refractivity contribution in [2.24, 2.45) is 0 Å². The molecule has 0 unspecified atom stereocenters. The van der Waals surface area contributed by atoms with Crippen molar-refractivity contribution in [3.63, 3.8) is 0 Å². The molecule has 0 spiro atoms. The summed E-state index contributed by atoms with van der Waals surface area (Å²) in [6.07, 6.45) is 3.72. The van der Waals surface area contributed by atoms with Crippen LogP contribution in [0.1, 0.15) is 25.8 Å². The summed E-state index contributed by atoms with van der Waals surface area (Å²) in [7, 11) is 6.31. The Balaban J connectivity index is 2.77. The molecule has 0 bridgehead atoms. The smallest absolute Gasteiger partial charge is 0.137 e. The molecule has 1 N–H and O–H groups in total. The Labute approximate surface area is 117 Å². The Morgan fingerprint density at radius 1 is 1.11 bits per heavy atom. The third-order valence-electron chi connectivity index (χ3n) is 3.08. The van der Waals surface area contributed by atoms with Crippen molar-refractivity contribution in [3.05, 3.63) is 11.9 Å². The fraction of sp³-hybridized carbons (Fsp3) is 0.714.